The maximum absolute atomic E-state index is 5.18. The molecule has 1 N–H and O–H groups in total. The number of rotatable bonds is 5. The van der Waals surface area contributed by atoms with E-state index >= 15 is 0 Å². The minimum Gasteiger partial charge on any atom is -0.481 e. The molecule has 102 valence electrons. The summed E-state index contributed by atoms with van der Waals surface area (Å²) in [6, 6.07) is 6.23. The molecule has 2 rings (SSSR count). The third-order valence-electron chi connectivity index (χ3n) is 2.84. The van der Waals surface area contributed by atoms with Crippen LogP contribution >= 0.6 is 11.3 Å². The molecule has 0 aliphatic rings. The van der Waals surface area contributed by atoms with E-state index in [1.165, 1.54) is 4.88 Å². The van der Waals surface area contributed by atoms with E-state index in [9.17, 15) is 0 Å². The topological polar surface area (TPSA) is 47.0 Å². The number of nitrogens with one attached hydrogen (secondary N) is 1. The van der Waals surface area contributed by atoms with E-state index in [1.54, 1.807) is 18.4 Å². The van der Waals surface area contributed by atoms with Gasteiger partial charge in [-0.25, -0.2) is 4.98 Å². The van der Waals surface area contributed by atoms with Crippen LogP contribution in [0.1, 0.15) is 30.5 Å². The molecule has 0 fully saturated rings. The highest BCUT2D eigenvalue weighted by atomic mass is 32.1. The summed E-state index contributed by atoms with van der Waals surface area (Å²) < 4.78 is 5.18. The summed E-state index contributed by atoms with van der Waals surface area (Å²) >= 11 is 1.74. The zero-order valence-corrected chi connectivity index (χ0v) is 12.5. The summed E-state index contributed by atoms with van der Waals surface area (Å²) in [5.74, 6) is 1.65. The van der Waals surface area contributed by atoms with Crippen molar-refractivity contribution in [3.8, 4) is 5.88 Å². The molecule has 2 heterocycles. The number of nitrogens with zero attached hydrogens (tertiary/aromatic N) is 2. The zero-order valence-electron chi connectivity index (χ0n) is 11.7. The van der Waals surface area contributed by atoms with E-state index in [0.29, 0.717) is 17.7 Å². The number of ether oxygens (including phenoxy) is 1. The van der Waals surface area contributed by atoms with Crippen LogP contribution in [0.15, 0.2) is 23.6 Å². The Hall–Kier alpha value is -1.62. The molecule has 0 radical (unpaired) electrons. The molecule has 0 amide bonds. The minimum atomic E-state index is 0.214. The largest absolute Gasteiger partial charge is 0.481 e. The first-order valence-electron chi connectivity index (χ1n) is 6.29. The normalized spacial score (nSPS) is 12.5. The van der Waals surface area contributed by atoms with Crippen LogP contribution in [0.4, 0.5) is 5.95 Å². The Kier molecular flexibility index (Phi) is 4.37. The average Bonchev–Trinajstić information content (AvgIpc) is 2.88. The molecule has 0 spiro atoms. The van der Waals surface area contributed by atoms with Gasteiger partial charge in [0.25, 0.3) is 0 Å². The summed E-state index contributed by atoms with van der Waals surface area (Å²) in [5, 5.41) is 5.49. The number of aryl methyl sites for hydroxylation is 1. The van der Waals surface area contributed by atoms with Gasteiger partial charge in [-0.1, -0.05) is 19.9 Å². The fourth-order valence-corrected chi connectivity index (χ4v) is 2.83. The van der Waals surface area contributed by atoms with E-state index in [0.717, 1.165) is 5.69 Å². The molecule has 4 nitrogen and oxygen atoms in total. The van der Waals surface area contributed by atoms with Gasteiger partial charge >= 0.3 is 0 Å². The number of anilines is 1. The van der Waals surface area contributed by atoms with Crippen molar-refractivity contribution in [2.75, 3.05) is 12.4 Å². The quantitative estimate of drug-likeness (QED) is 0.906. The lowest BCUT2D eigenvalue weighted by atomic mass is 10.0. The van der Waals surface area contributed by atoms with Crippen LogP contribution in [-0.4, -0.2) is 17.1 Å². The predicted molar refractivity (Wildman–Crippen MR) is 78.8 cm³/mol. The van der Waals surface area contributed by atoms with Crippen molar-refractivity contribution in [2.24, 2.45) is 5.92 Å². The van der Waals surface area contributed by atoms with Crippen LogP contribution in [0.2, 0.25) is 0 Å². The van der Waals surface area contributed by atoms with E-state index in [2.05, 4.69) is 46.6 Å². The molecular weight excluding hydrogens is 258 g/mol. The zero-order chi connectivity index (χ0) is 13.8. The molecule has 1 atom stereocenters. The van der Waals surface area contributed by atoms with Crippen LogP contribution in [0.3, 0.4) is 0 Å². The van der Waals surface area contributed by atoms with Crippen LogP contribution in [0, 0.1) is 12.8 Å². The lowest BCUT2D eigenvalue weighted by Gasteiger charge is -2.21. The Morgan fingerprint density at radius 1 is 1.32 bits per heavy atom. The Bertz CT molecular complexity index is 525. The fourth-order valence-electron chi connectivity index (χ4n) is 1.88. The second-order valence-corrected chi connectivity index (χ2v) is 5.74. The first-order valence-corrected chi connectivity index (χ1v) is 7.17. The van der Waals surface area contributed by atoms with Gasteiger partial charge in [0.05, 0.1) is 13.2 Å². The lowest BCUT2D eigenvalue weighted by Crippen LogP contribution is -2.17. The summed E-state index contributed by atoms with van der Waals surface area (Å²) in [5.41, 5.74) is 0.892. The highest BCUT2D eigenvalue weighted by molar-refractivity contribution is 7.10. The third kappa shape index (κ3) is 3.44. The molecule has 19 heavy (non-hydrogen) atoms. The van der Waals surface area contributed by atoms with Crippen molar-refractivity contribution >= 4 is 17.3 Å². The van der Waals surface area contributed by atoms with E-state index in [4.69, 9.17) is 4.74 Å². The van der Waals surface area contributed by atoms with Crippen LogP contribution in [0.25, 0.3) is 0 Å². The molecule has 0 saturated carbocycles. The molecule has 1 unspecified atom stereocenters. The molecule has 0 aliphatic heterocycles. The lowest BCUT2D eigenvalue weighted by molar-refractivity contribution is 0.396. The number of hydrogen-bond donors (Lipinski definition) is 1. The van der Waals surface area contributed by atoms with Crippen LogP contribution in [0.5, 0.6) is 5.88 Å². The van der Waals surface area contributed by atoms with Crippen molar-refractivity contribution in [3.05, 3.63) is 34.2 Å². The maximum Gasteiger partial charge on any atom is 0.226 e. The van der Waals surface area contributed by atoms with Crippen molar-refractivity contribution in [1.82, 2.24) is 9.97 Å². The summed E-state index contributed by atoms with van der Waals surface area (Å²) in [6.07, 6.45) is 0. The molecule has 5 heteroatoms. The first kappa shape index (κ1) is 13.8. The van der Waals surface area contributed by atoms with Gasteiger partial charge in [-0.05, 0) is 24.3 Å². The fraction of sp³-hybridized carbons (Fsp3) is 0.429. The van der Waals surface area contributed by atoms with E-state index in [1.807, 2.05) is 13.0 Å². The molecule has 0 saturated heterocycles. The summed E-state index contributed by atoms with van der Waals surface area (Å²) in [4.78, 5) is 10.1. The molecule has 2 aromatic heterocycles. The highest BCUT2D eigenvalue weighted by Gasteiger charge is 2.18. The molecule has 2 aromatic rings. The second-order valence-electron chi connectivity index (χ2n) is 4.76. The van der Waals surface area contributed by atoms with Gasteiger partial charge in [-0.2, -0.15) is 4.98 Å². The van der Waals surface area contributed by atoms with Gasteiger partial charge in [0, 0.05) is 16.6 Å². The standard InChI is InChI=1S/C14H19N3OS/c1-9(2)13(11-6-5-7-19-11)17-14-15-10(3)8-12(16-14)18-4/h5-9,13H,1-4H3,(H,15,16,17). The van der Waals surface area contributed by atoms with Crippen LogP contribution in [-0.2, 0) is 0 Å². The SMILES string of the molecule is COc1cc(C)nc(NC(c2cccs2)C(C)C)n1. The third-order valence-corrected chi connectivity index (χ3v) is 3.80. The van der Waals surface area contributed by atoms with Gasteiger partial charge in [0.1, 0.15) is 0 Å². The molecule has 0 aliphatic carbocycles. The number of thiophene rings is 1. The van der Waals surface area contributed by atoms with Crippen LogP contribution < -0.4 is 10.1 Å². The Morgan fingerprint density at radius 2 is 2.11 bits per heavy atom. The van der Waals surface area contributed by atoms with Crippen molar-refractivity contribution in [2.45, 2.75) is 26.8 Å². The second kappa shape index (κ2) is 6.02. The van der Waals surface area contributed by atoms with Crippen molar-refractivity contribution in [3.63, 3.8) is 0 Å². The highest BCUT2D eigenvalue weighted by Crippen LogP contribution is 2.29. The monoisotopic (exact) mass is 277 g/mol. The Labute approximate surface area is 117 Å². The van der Waals surface area contributed by atoms with E-state index < -0.39 is 0 Å². The van der Waals surface area contributed by atoms with Gasteiger partial charge in [0.15, 0.2) is 0 Å². The Morgan fingerprint density at radius 3 is 2.68 bits per heavy atom. The summed E-state index contributed by atoms with van der Waals surface area (Å²) in [6.45, 7) is 6.31. The minimum absolute atomic E-state index is 0.214. The Balaban J connectivity index is 2.24. The predicted octanol–water partition coefficient (Wildman–Crippen LogP) is 3.66. The molecular formula is C14H19N3OS. The summed E-state index contributed by atoms with van der Waals surface area (Å²) in [7, 11) is 1.62. The maximum atomic E-state index is 5.18. The van der Waals surface area contributed by atoms with Gasteiger partial charge in [0.2, 0.25) is 11.8 Å². The number of hydrogen-bond acceptors (Lipinski definition) is 5. The number of aromatic nitrogens is 2. The average molecular weight is 277 g/mol. The van der Waals surface area contributed by atoms with E-state index in [-0.39, 0.29) is 6.04 Å². The number of methoxy groups -OCH3 is 1. The molecule has 0 bridgehead atoms. The van der Waals surface area contributed by atoms with Gasteiger partial charge in [-0.15, -0.1) is 11.3 Å². The van der Waals surface area contributed by atoms with Gasteiger partial charge < -0.3 is 10.1 Å². The van der Waals surface area contributed by atoms with Gasteiger partial charge in [-0.3, -0.25) is 0 Å². The molecule has 0 aromatic carbocycles. The van der Waals surface area contributed by atoms with Crippen molar-refractivity contribution < 1.29 is 4.74 Å². The van der Waals surface area contributed by atoms with Crippen molar-refractivity contribution in [1.29, 1.82) is 0 Å². The smallest absolute Gasteiger partial charge is 0.226 e. The first-order chi connectivity index (χ1) is 9.10.